The van der Waals surface area contributed by atoms with Gasteiger partial charge in [-0.15, -0.1) is 0 Å². The molecule has 0 radical (unpaired) electrons. The number of amides is 3. The molecule has 164 valence electrons. The topological polar surface area (TPSA) is 83.6 Å². The lowest BCUT2D eigenvalue weighted by atomic mass is 10.00. The van der Waals surface area contributed by atoms with Crippen molar-refractivity contribution in [2.45, 2.75) is 13.0 Å². The fraction of sp³-hybridized carbons (Fsp3) is 0.174. The van der Waals surface area contributed by atoms with Gasteiger partial charge in [0.05, 0.1) is 10.7 Å². The van der Waals surface area contributed by atoms with Crippen molar-refractivity contribution in [3.63, 3.8) is 0 Å². The lowest BCUT2D eigenvalue weighted by Gasteiger charge is -2.29. The zero-order valence-electron chi connectivity index (χ0n) is 17.2. The highest BCUT2D eigenvalue weighted by Crippen LogP contribution is 2.29. The predicted octanol–water partition coefficient (Wildman–Crippen LogP) is 5.13. The number of carbonyl (C=O) groups is 2. The fourth-order valence-corrected chi connectivity index (χ4v) is 3.76. The maximum absolute atomic E-state index is 12.8. The van der Waals surface area contributed by atoms with Crippen LogP contribution in [-0.4, -0.2) is 35.4 Å². The quantitative estimate of drug-likeness (QED) is 0.553. The molecule has 0 aliphatic carbocycles. The van der Waals surface area contributed by atoms with E-state index in [0.29, 0.717) is 40.3 Å². The van der Waals surface area contributed by atoms with Crippen LogP contribution in [0.5, 0.6) is 11.5 Å². The van der Waals surface area contributed by atoms with E-state index in [4.69, 9.17) is 27.9 Å². The van der Waals surface area contributed by atoms with Crippen LogP contribution >= 0.6 is 23.2 Å². The number of halogens is 2. The van der Waals surface area contributed by atoms with Gasteiger partial charge in [-0.1, -0.05) is 29.3 Å². The largest absolute Gasteiger partial charge is 0.457 e. The molecule has 7 nitrogen and oxygen atoms in total. The summed E-state index contributed by atoms with van der Waals surface area (Å²) in [4.78, 5) is 30.3. The van der Waals surface area contributed by atoms with Crippen molar-refractivity contribution in [3.8, 4) is 11.5 Å². The van der Waals surface area contributed by atoms with Crippen molar-refractivity contribution in [3.05, 3.63) is 81.6 Å². The Morgan fingerprint density at radius 1 is 1.03 bits per heavy atom. The number of nitrogens with zero attached hydrogens (tertiary/aromatic N) is 2. The minimum Gasteiger partial charge on any atom is -0.457 e. The first-order chi connectivity index (χ1) is 15.4. The highest BCUT2D eigenvalue weighted by molar-refractivity contribution is 6.35. The van der Waals surface area contributed by atoms with Crippen molar-refractivity contribution in [2.24, 2.45) is 0 Å². The number of fused-ring (bicyclic) bond motifs is 1. The molecule has 1 aromatic heterocycles. The Kier molecular flexibility index (Phi) is 6.48. The van der Waals surface area contributed by atoms with Crippen LogP contribution in [0.4, 0.5) is 10.5 Å². The molecule has 3 amide bonds. The number of ether oxygens (including phenoxy) is 1. The van der Waals surface area contributed by atoms with Crippen molar-refractivity contribution in [2.75, 3.05) is 18.9 Å². The number of aromatic nitrogens is 1. The van der Waals surface area contributed by atoms with Gasteiger partial charge in [0.2, 0.25) is 0 Å². The third-order valence-electron chi connectivity index (χ3n) is 5.07. The Balaban J connectivity index is 1.48. The first-order valence-electron chi connectivity index (χ1n) is 9.91. The van der Waals surface area contributed by atoms with Gasteiger partial charge in [-0.3, -0.25) is 9.78 Å². The number of hydrogen-bond acceptors (Lipinski definition) is 4. The van der Waals surface area contributed by atoms with Gasteiger partial charge >= 0.3 is 6.03 Å². The van der Waals surface area contributed by atoms with Crippen molar-refractivity contribution in [1.82, 2.24) is 15.2 Å². The first kappa shape index (κ1) is 21.9. The molecule has 4 rings (SSSR count). The third kappa shape index (κ3) is 4.95. The van der Waals surface area contributed by atoms with E-state index in [-0.39, 0.29) is 17.6 Å². The molecule has 0 saturated carbocycles. The Morgan fingerprint density at radius 2 is 1.84 bits per heavy atom. The number of pyridine rings is 1. The minimum absolute atomic E-state index is 0.254. The van der Waals surface area contributed by atoms with Crippen molar-refractivity contribution in [1.29, 1.82) is 0 Å². The number of benzene rings is 2. The summed E-state index contributed by atoms with van der Waals surface area (Å²) in [7, 11) is 1.54. The van der Waals surface area contributed by atoms with E-state index in [0.717, 1.165) is 17.5 Å². The number of rotatable bonds is 4. The van der Waals surface area contributed by atoms with Crippen LogP contribution in [0.3, 0.4) is 0 Å². The Morgan fingerprint density at radius 3 is 2.66 bits per heavy atom. The van der Waals surface area contributed by atoms with Crippen LogP contribution in [-0.2, 0) is 13.0 Å². The molecule has 1 aliphatic heterocycles. The van der Waals surface area contributed by atoms with Crippen molar-refractivity contribution >= 4 is 40.8 Å². The predicted molar refractivity (Wildman–Crippen MR) is 124 cm³/mol. The molecule has 2 N–H and O–H groups in total. The van der Waals surface area contributed by atoms with Gasteiger partial charge in [-0.25, -0.2) is 4.79 Å². The summed E-state index contributed by atoms with van der Waals surface area (Å²) in [6.45, 7) is 1.01. The van der Waals surface area contributed by atoms with Crippen LogP contribution in [0, 0.1) is 0 Å². The van der Waals surface area contributed by atoms with Crippen LogP contribution in [0.15, 0.2) is 54.7 Å². The van der Waals surface area contributed by atoms with Crippen LogP contribution in [0.2, 0.25) is 10.0 Å². The molecule has 9 heteroatoms. The van der Waals surface area contributed by atoms with E-state index in [1.54, 1.807) is 42.3 Å². The zero-order chi connectivity index (χ0) is 22.7. The molecule has 0 bridgehead atoms. The molecular formula is C23H20Cl2N4O3. The monoisotopic (exact) mass is 470 g/mol. The zero-order valence-corrected chi connectivity index (χ0v) is 18.7. The van der Waals surface area contributed by atoms with Crippen LogP contribution < -0.4 is 15.4 Å². The van der Waals surface area contributed by atoms with Gasteiger partial charge in [0, 0.05) is 37.4 Å². The standard InChI is InChI=1S/C23H20Cl2N4O3/c1-26-22(30)21-12-18(6-8-27-21)32-17-4-2-14-7-9-29(13-15(14)10-17)23(31)28-20-11-16(24)3-5-19(20)25/h2-6,8,10-12H,7,9,13H2,1H3,(H,26,30)(H,28,31). The molecular weight excluding hydrogens is 451 g/mol. The summed E-state index contributed by atoms with van der Waals surface area (Å²) >= 11 is 12.2. The van der Waals surface area contributed by atoms with E-state index in [1.165, 1.54) is 6.20 Å². The number of carbonyl (C=O) groups excluding carboxylic acids is 2. The van der Waals surface area contributed by atoms with Gasteiger partial charge < -0.3 is 20.3 Å². The Labute approximate surface area is 195 Å². The summed E-state index contributed by atoms with van der Waals surface area (Å²) < 4.78 is 5.93. The molecule has 0 unspecified atom stereocenters. The molecule has 0 atom stereocenters. The third-order valence-corrected chi connectivity index (χ3v) is 5.64. The summed E-state index contributed by atoms with van der Waals surface area (Å²) in [5, 5.41) is 6.27. The average Bonchev–Trinajstić information content (AvgIpc) is 2.80. The molecule has 0 spiro atoms. The van der Waals surface area contributed by atoms with Crippen molar-refractivity contribution < 1.29 is 14.3 Å². The first-order valence-corrected chi connectivity index (χ1v) is 10.7. The normalized spacial score (nSPS) is 12.7. The molecule has 0 saturated heterocycles. The van der Waals surface area contributed by atoms with E-state index < -0.39 is 0 Å². The van der Waals surface area contributed by atoms with Gasteiger partial charge in [-0.2, -0.15) is 0 Å². The van der Waals surface area contributed by atoms with Crippen LogP contribution in [0.1, 0.15) is 21.6 Å². The maximum Gasteiger partial charge on any atom is 0.322 e. The van der Waals surface area contributed by atoms with Gasteiger partial charge in [0.1, 0.15) is 17.2 Å². The SMILES string of the molecule is CNC(=O)c1cc(Oc2ccc3c(c2)CN(C(=O)Nc2cc(Cl)ccc2Cl)CC3)ccn1. The molecule has 0 fully saturated rings. The molecule has 2 aromatic carbocycles. The Hall–Kier alpha value is -3.29. The number of hydrogen-bond donors (Lipinski definition) is 2. The van der Waals surface area contributed by atoms with Gasteiger partial charge in [0.15, 0.2) is 0 Å². The second-order valence-corrected chi connectivity index (χ2v) is 8.06. The van der Waals surface area contributed by atoms with Crippen LogP contribution in [0.25, 0.3) is 0 Å². The second kappa shape index (κ2) is 9.46. The maximum atomic E-state index is 12.8. The van der Waals surface area contributed by atoms with Gasteiger partial charge in [-0.05, 0) is 53.9 Å². The van der Waals surface area contributed by atoms with E-state index >= 15 is 0 Å². The number of urea groups is 1. The average molecular weight is 471 g/mol. The summed E-state index contributed by atoms with van der Waals surface area (Å²) in [5.41, 5.74) is 2.88. The van der Waals surface area contributed by atoms with E-state index in [2.05, 4.69) is 15.6 Å². The van der Waals surface area contributed by atoms with Gasteiger partial charge in [0.25, 0.3) is 5.91 Å². The summed E-state index contributed by atoms with van der Waals surface area (Å²) in [6, 6.07) is 13.7. The fourth-order valence-electron chi connectivity index (χ4n) is 3.42. The molecule has 32 heavy (non-hydrogen) atoms. The number of nitrogens with one attached hydrogen (secondary N) is 2. The smallest absolute Gasteiger partial charge is 0.322 e. The lowest BCUT2D eigenvalue weighted by Crippen LogP contribution is -2.38. The van der Waals surface area contributed by atoms with E-state index in [1.807, 2.05) is 18.2 Å². The van der Waals surface area contributed by atoms with E-state index in [9.17, 15) is 9.59 Å². The second-order valence-electron chi connectivity index (χ2n) is 7.21. The molecule has 3 aromatic rings. The number of anilines is 1. The Bertz CT molecular complexity index is 1190. The molecule has 2 heterocycles. The highest BCUT2D eigenvalue weighted by atomic mass is 35.5. The molecule has 1 aliphatic rings. The summed E-state index contributed by atoms with van der Waals surface area (Å²) in [5.74, 6) is 0.819. The summed E-state index contributed by atoms with van der Waals surface area (Å²) in [6.07, 6.45) is 2.24. The highest BCUT2D eigenvalue weighted by Gasteiger charge is 2.22. The lowest BCUT2D eigenvalue weighted by molar-refractivity contribution is 0.0958. The minimum atomic E-state index is -0.289.